The standard InChI is InChI=1S/C26H25BrN8O3/c1-4-20-29-14(3)22(25(37)28-5-2)35(20)13-15-10-11-19-18(12-15)21(27)23(38-19)16-8-6-7-9-17(16)24(36)30-26-31-33-34-32-26/h6-12H,4-5,13H2,1-3H3,(H,28,37)(H2,30,31,32,33,34,36). The summed E-state index contributed by atoms with van der Waals surface area (Å²) in [5.41, 5.74) is 3.92. The van der Waals surface area contributed by atoms with Gasteiger partial charge < -0.3 is 14.3 Å². The maximum atomic E-state index is 13.0. The van der Waals surface area contributed by atoms with Gasteiger partial charge in [0.05, 0.1) is 15.7 Å². The molecule has 0 aliphatic rings. The fourth-order valence-electron chi connectivity index (χ4n) is 4.44. The Morgan fingerprint density at radius 2 is 1.95 bits per heavy atom. The second kappa shape index (κ2) is 10.6. The lowest BCUT2D eigenvalue weighted by atomic mass is 10.0. The highest BCUT2D eigenvalue weighted by atomic mass is 79.9. The molecule has 0 saturated heterocycles. The largest absolute Gasteiger partial charge is 0.455 e. The van der Waals surface area contributed by atoms with E-state index in [0.717, 1.165) is 21.2 Å². The predicted octanol–water partition coefficient (Wildman–Crippen LogP) is 4.49. The van der Waals surface area contributed by atoms with E-state index in [0.29, 0.717) is 53.4 Å². The van der Waals surface area contributed by atoms with Gasteiger partial charge in [-0.05, 0) is 64.0 Å². The lowest BCUT2D eigenvalue weighted by Crippen LogP contribution is -2.27. The van der Waals surface area contributed by atoms with Crippen LogP contribution < -0.4 is 10.6 Å². The molecule has 12 heteroatoms. The third-order valence-electron chi connectivity index (χ3n) is 6.12. The van der Waals surface area contributed by atoms with Crippen molar-refractivity contribution in [2.45, 2.75) is 33.7 Å². The highest BCUT2D eigenvalue weighted by Gasteiger charge is 2.22. The molecule has 0 radical (unpaired) electrons. The van der Waals surface area contributed by atoms with E-state index >= 15 is 0 Å². The highest BCUT2D eigenvalue weighted by molar-refractivity contribution is 9.10. The fraction of sp³-hybridized carbons (Fsp3) is 0.231. The van der Waals surface area contributed by atoms with Crippen LogP contribution in [0.25, 0.3) is 22.3 Å². The molecular weight excluding hydrogens is 552 g/mol. The summed E-state index contributed by atoms with van der Waals surface area (Å²) in [4.78, 5) is 30.4. The molecule has 5 aromatic rings. The van der Waals surface area contributed by atoms with Crippen molar-refractivity contribution in [2.24, 2.45) is 0 Å². The van der Waals surface area contributed by atoms with Gasteiger partial charge in [0, 0.05) is 30.5 Å². The number of aryl methyl sites for hydroxylation is 2. The molecule has 0 saturated carbocycles. The van der Waals surface area contributed by atoms with E-state index in [9.17, 15) is 9.59 Å². The maximum absolute atomic E-state index is 13.0. The van der Waals surface area contributed by atoms with Crippen LogP contribution in [-0.2, 0) is 13.0 Å². The summed E-state index contributed by atoms with van der Waals surface area (Å²) in [5.74, 6) is 0.993. The number of carbonyl (C=O) groups excluding carboxylic acids is 2. The molecule has 0 unspecified atom stereocenters. The number of anilines is 1. The number of benzene rings is 2. The molecule has 11 nitrogen and oxygen atoms in total. The smallest absolute Gasteiger partial charge is 0.269 e. The number of nitrogens with one attached hydrogen (secondary N) is 3. The quantitative estimate of drug-likeness (QED) is 0.247. The van der Waals surface area contributed by atoms with E-state index in [2.05, 4.69) is 52.2 Å². The van der Waals surface area contributed by atoms with Gasteiger partial charge in [0.15, 0.2) is 0 Å². The Morgan fingerprint density at radius 3 is 2.68 bits per heavy atom. The summed E-state index contributed by atoms with van der Waals surface area (Å²) in [6.45, 7) is 6.78. The first-order valence-electron chi connectivity index (χ1n) is 12.1. The van der Waals surface area contributed by atoms with Crippen molar-refractivity contribution < 1.29 is 14.0 Å². The fourth-order valence-corrected chi connectivity index (χ4v) is 5.04. The van der Waals surface area contributed by atoms with E-state index in [1.807, 2.05) is 55.7 Å². The van der Waals surface area contributed by atoms with Crippen LogP contribution in [0.5, 0.6) is 0 Å². The van der Waals surface area contributed by atoms with Crippen molar-refractivity contribution in [2.75, 3.05) is 11.9 Å². The van der Waals surface area contributed by atoms with Gasteiger partial charge in [0.25, 0.3) is 11.8 Å². The maximum Gasteiger partial charge on any atom is 0.269 e. The number of imidazole rings is 1. The summed E-state index contributed by atoms with van der Waals surface area (Å²) in [5, 5.41) is 19.6. The topological polar surface area (TPSA) is 144 Å². The van der Waals surface area contributed by atoms with Crippen molar-refractivity contribution in [1.82, 2.24) is 35.5 Å². The number of fused-ring (bicyclic) bond motifs is 1. The Morgan fingerprint density at radius 1 is 1.13 bits per heavy atom. The number of amides is 2. The molecule has 0 bridgehead atoms. The van der Waals surface area contributed by atoms with Crippen LogP contribution in [-0.4, -0.2) is 48.5 Å². The van der Waals surface area contributed by atoms with Crippen LogP contribution in [0, 0.1) is 6.92 Å². The van der Waals surface area contributed by atoms with E-state index in [-0.39, 0.29) is 17.8 Å². The minimum absolute atomic E-state index is 0.138. The third-order valence-corrected chi connectivity index (χ3v) is 6.90. The highest BCUT2D eigenvalue weighted by Crippen LogP contribution is 2.39. The third kappa shape index (κ3) is 4.70. The molecule has 2 aromatic carbocycles. The van der Waals surface area contributed by atoms with E-state index in [4.69, 9.17) is 4.42 Å². The molecule has 2 amide bonds. The number of tetrazole rings is 1. The van der Waals surface area contributed by atoms with Crippen molar-refractivity contribution in [3.63, 3.8) is 0 Å². The molecule has 0 fully saturated rings. The van der Waals surface area contributed by atoms with Crippen molar-refractivity contribution in [3.05, 3.63) is 75.3 Å². The number of rotatable bonds is 8. The zero-order valence-corrected chi connectivity index (χ0v) is 22.6. The Kier molecular flexibility index (Phi) is 7.05. The van der Waals surface area contributed by atoms with Crippen LogP contribution in [0.4, 0.5) is 5.95 Å². The number of aromatic nitrogens is 6. The normalized spacial score (nSPS) is 11.2. The minimum atomic E-state index is -0.382. The Balaban J connectivity index is 1.52. The molecule has 3 N–H and O–H groups in total. The summed E-state index contributed by atoms with van der Waals surface area (Å²) >= 11 is 3.70. The Bertz CT molecular complexity index is 1640. The van der Waals surface area contributed by atoms with Crippen LogP contribution in [0.2, 0.25) is 0 Å². The molecule has 5 rings (SSSR count). The number of carbonyl (C=O) groups is 2. The zero-order valence-electron chi connectivity index (χ0n) is 21.0. The van der Waals surface area contributed by atoms with E-state index < -0.39 is 0 Å². The molecule has 194 valence electrons. The van der Waals surface area contributed by atoms with Crippen LogP contribution in [0.3, 0.4) is 0 Å². The first kappa shape index (κ1) is 25.3. The van der Waals surface area contributed by atoms with Crippen molar-refractivity contribution in [1.29, 1.82) is 0 Å². The molecule has 0 spiro atoms. The summed E-state index contributed by atoms with van der Waals surface area (Å²) in [7, 11) is 0. The van der Waals surface area contributed by atoms with Crippen molar-refractivity contribution >= 4 is 44.7 Å². The number of H-pyrrole nitrogens is 1. The molecule has 3 aromatic heterocycles. The first-order valence-corrected chi connectivity index (χ1v) is 12.9. The van der Waals surface area contributed by atoms with Gasteiger partial charge in [-0.25, -0.2) is 10.1 Å². The number of furan rings is 1. The molecule has 0 aliphatic carbocycles. The number of hydrogen-bond acceptors (Lipinski definition) is 7. The number of halogens is 1. The lowest BCUT2D eigenvalue weighted by Gasteiger charge is -2.12. The number of aromatic amines is 1. The average molecular weight is 577 g/mol. The second-order valence-electron chi connectivity index (χ2n) is 8.59. The molecule has 0 atom stereocenters. The van der Waals surface area contributed by atoms with Gasteiger partial charge in [-0.1, -0.05) is 36.3 Å². The minimum Gasteiger partial charge on any atom is -0.455 e. The van der Waals surface area contributed by atoms with E-state index in [1.54, 1.807) is 12.1 Å². The second-order valence-corrected chi connectivity index (χ2v) is 9.38. The van der Waals surface area contributed by atoms with Gasteiger partial charge in [0.2, 0.25) is 5.95 Å². The Labute approximate surface area is 226 Å². The van der Waals surface area contributed by atoms with Gasteiger partial charge in [-0.15, -0.1) is 0 Å². The first-order chi connectivity index (χ1) is 18.4. The van der Waals surface area contributed by atoms with Gasteiger partial charge in [-0.2, -0.15) is 0 Å². The van der Waals surface area contributed by atoms with Crippen molar-refractivity contribution in [3.8, 4) is 11.3 Å². The van der Waals surface area contributed by atoms with Gasteiger partial charge in [0.1, 0.15) is 22.9 Å². The molecule has 0 aliphatic heterocycles. The summed E-state index contributed by atoms with van der Waals surface area (Å²) in [6.07, 6.45) is 0.699. The van der Waals surface area contributed by atoms with Crippen LogP contribution >= 0.6 is 15.9 Å². The average Bonchev–Trinajstić information content (AvgIpc) is 3.62. The van der Waals surface area contributed by atoms with Gasteiger partial charge >= 0.3 is 0 Å². The lowest BCUT2D eigenvalue weighted by molar-refractivity contribution is 0.0945. The molecule has 38 heavy (non-hydrogen) atoms. The predicted molar refractivity (Wildman–Crippen MR) is 145 cm³/mol. The summed E-state index contributed by atoms with van der Waals surface area (Å²) < 4.78 is 8.89. The number of hydrogen-bond donors (Lipinski definition) is 3. The van der Waals surface area contributed by atoms with E-state index in [1.165, 1.54) is 0 Å². The van der Waals surface area contributed by atoms with Crippen LogP contribution in [0.1, 0.15) is 51.8 Å². The van der Waals surface area contributed by atoms with Crippen LogP contribution in [0.15, 0.2) is 51.4 Å². The number of nitrogens with zero attached hydrogens (tertiary/aromatic N) is 5. The van der Waals surface area contributed by atoms with Gasteiger partial charge in [-0.3, -0.25) is 14.9 Å². The SMILES string of the molecule is CCNC(=O)c1c(C)nc(CC)n1Cc1ccc2oc(-c3ccccc3C(=O)Nc3nnn[nH]3)c(Br)c2c1. The molecular formula is C26H25BrN8O3. The molecule has 3 heterocycles. The monoisotopic (exact) mass is 576 g/mol. The zero-order chi connectivity index (χ0) is 26.8. The summed E-state index contributed by atoms with van der Waals surface area (Å²) in [6, 6.07) is 13.0. The Hall–Kier alpha value is -4.32.